The summed E-state index contributed by atoms with van der Waals surface area (Å²) in [6, 6.07) is 7.73. The van der Waals surface area contributed by atoms with Gasteiger partial charge in [0.2, 0.25) is 5.78 Å². The second-order valence-corrected chi connectivity index (χ2v) is 9.24. The summed E-state index contributed by atoms with van der Waals surface area (Å²) in [6.07, 6.45) is 5.19. The third-order valence-corrected chi connectivity index (χ3v) is 6.78. The number of nitrogens with zero attached hydrogens (tertiary/aromatic N) is 2. The number of aliphatic hydroxyl groups is 1. The van der Waals surface area contributed by atoms with Crippen molar-refractivity contribution < 1.29 is 33.3 Å². The molecule has 2 aromatic rings. The van der Waals surface area contributed by atoms with Crippen LogP contribution in [0, 0.1) is 0 Å². The maximum atomic E-state index is 13.4. The van der Waals surface area contributed by atoms with Gasteiger partial charge in [-0.3, -0.25) is 14.5 Å². The zero-order valence-corrected chi connectivity index (χ0v) is 21.6. The quantitative estimate of drug-likeness (QED) is 0.315. The SMILES string of the molecule is CCCCCOc1ccc(C2C(C(=O)c3ccco3)=C(O)C(=O)N2CCCN2CCOCC2)cc1OC. The molecule has 2 aliphatic rings. The lowest BCUT2D eigenvalue weighted by Crippen LogP contribution is -2.39. The van der Waals surface area contributed by atoms with Gasteiger partial charge in [-0.2, -0.15) is 0 Å². The van der Waals surface area contributed by atoms with Crippen LogP contribution in [0.2, 0.25) is 0 Å². The first kappa shape index (κ1) is 26.8. The van der Waals surface area contributed by atoms with E-state index in [2.05, 4.69) is 11.8 Å². The van der Waals surface area contributed by atoms with Crippen molar-refractivity contribution in [3.8, 4) is 11.5 Å². The van der Waals surface area contributed by atoms with Gasteiger partial charge in [0.05, 0.1) is 44.8 Å². The Hall–Kier alpha value is -3.30. The van der Waals surface area contributed by atoms with Crippen LogP contribution in [0.3, 0.4) is 0 Å². The van der Waals surface area contributed by atoms with Gasteiger partial charge in [0.25, 0.3) is 5.91 Å². The summed E-state index contributed by atoms with van der Waals surface area (Å²) in [7, 11) is 1.56. The largest absolute Gasteiger partial charge is 0.503 e. The van der Waals surface area contributed by atoms with E-state index in [9.17, 15) is 14.7 Å². The summed E-state index contributed by atoms with van der Waals surface area (Å²) in [5.74, 6) is -0.464. The Morgan fingerprint density at radius 1 is 1.11 bits per heavy atom. The smallest absolute Gasteiger partial charge is 0.290 e. The second-order valence-electron chi connectivity index (χ2n) is 9.24. The van der Waals surface area contributed by atoms with Crippen LogP contribution in [0.1, 0.15) is 54.8 Å². The maximum Gasteiger partial charge on any atom is 0.290 e. The first-order chi connectivity index (χ1) is 18.0. The topological polar surface area (TPSA) is 102 Å². The number of rotatable bonds is 13. The van der Waals surface area contributed by atoms with Crippen LogP contribution < -0.4 is 9.47 Å². The third-order valence-electron chi connectivity index (χ3n) is 6.78. The fraction of sp³-hybridized carbons (Fsp3) is 0.500. The van der Waals surface area contributed by atoms with Crippen LogP contribution in [0.5, 0.6) is 11.5 Å². The van der Waals surface area contributed by atoms with Crippen molar-refractivity contribution in [2.75, 3.05) is 53.1 Å². The summed E-state index contributed by atoms with van der Waals surface area (Å²) in [5, 5.41) is 10.9. The molecule has 0 bridgehead atoms. The Kier molecular flexibility index (Phi) is 9.24. The summed E-state index contributed by atoms with van der Waals surface area (Å²) in [4.78, 5) is 30.4. The van der Waals surface area contributed by atoms with Gasteiger partial charge in [0, 0.05) is 26.2 Å². The maximum absolute atomic E-state index is 13.4. The zero-order valence-electron chi connectivity index (χ0n) is 21.6. The predicted molar refractivity (Wildman–Crippen MR) is 137 cm³/mol. The molecule has 3 heterocycles. The van der Waals surface area contributed by atoms with Gasteiger partial charge in [0.15, 0.2) is 23.0 Å². The van der Waals surface area contributed by atoms with Crippen molar-refractivity contribution in [2.24, 2.45) is 0 Å². The number of Topliss-reactive ketones (excluding diaryl/α,β-unsaturated/α-hetero) is 1. The van der Waals surface area contributed by atoms with Crippen molar-refractivity contribution in [1.82, 2.24) is 9.80 Å². The highest BCUT2D eigenvalue weighted by Gasteiger charge is 2.44. The van der Waals surface area contributed by atoms with Gasteiger partial charge in [-0.15, -0.1) is 0 Å². The molecule has 1 saturated heterocycles. The lowest BCUT2D eigenvalue weighted by Gasteiger charge is -2.30. The number of furan rings is 1. The molecular weight excluding hydrogens is 476 g/mol. The zero-order chi connectivity index (χ0) is 26.2. The van der Waals surface area contributed by atoms with E-state index in [0.29, 0.717) is 49.8 Å². The normalized spacial score (nSPS) is 18.5. The molecule has 200 valence electrons. The fourth-order valence-corrected chi connectivity index (χ4v) is 4.80. The van der Waals surface area contributed by atoms with E-state index in [-0.39, 0.29) is 11.3 Å². The van der Waals surface area contributed by atoms with E-state index in [1.807, 2.05) is 6.07 Å². The summed E-state index contributed by atoms with van der Waals surface area (Å²) < 4.78 is 22.2. The van der Waals surface area contributed by atoms with E-state index in [0.717, 1.165) is 38.9 Å². The fourth-order valence-electron chi connectivity index (χ4n) is 4.80. The van der Waals surface area contributed by atoms with Crippen molar-refractivity contribution >= 4 is 11.7 Å². The van der Waals surface area contributed by atoms with E-state index < -0.39 is 23.5 Å². The van der Waals surface area contributed by atoms with Crippen molar-refractivity contribution in [3.63, 3.8) is 0 Å². The molecule has 0 aliphatic carbocycles. The van der Waals surface area contributed by atoms with Crippen LogP contribution in [0.4, 0.5) is 0 Å². The lowest BCUT2D eigenvalue weighted by molar-refractivity contribution is -0.129. The van der Waals surface area contributed by atoms with E-state index in [1.54, 1.807) is 30.2 Å². The molecule has 37 heavy (non-hydrogen) atoms. The molecule has 0 radical (unpaired) electrons. The molecule has 9 heteroatoms. The minimum atomic E-state index is -0.780. The standard InChI is InChI=1S/C28H36N2O7/c1-3-4-5-15-36-21-10-9-20(19-23(21)34-2)25-24(26(31)22-8-6-16-37-22)27(32)28(33)30(25)12-7-11-29-13-17-35-18-14-29/h6,8-10,16,19,25,32H,3-5,7,11-15,17-18H2,1-2H3. The number of morpholine rings is 1. The number of benzene rings is 1. The van der Waals surface area contributed by atoms with Crippen molar-refractivity contribution in [3.05, 3.63) is 59.3 Å². The number of methoxy groups -OCH3 is 1. The molecule has 1 atom stereocenters. The van der Waals surface area contributed by atoms with E-state index in [4.69, 9.17) is 18.6 Å². The van der Waals surface area contributed by atoms with Gasteiger partial charge >= 0.3 is 0 Å². The summed E-state index contributed by atoms with van der Waals surface area (Å²) >= 11 is 0. The van der Waals surface area contributed by atoms with E-state index >= 15 is 0 Å². The second kappa shape index (κ2) is 12.8. The van der Waals surface area contributed by atoms with Crippen molar-refractivity contribution in [1.29, 1.82) is 0 Å². The highest BCUT2D eigenvalue weighted by molar-refractivity contribution is 6.15. The molecule has 1 N–H and O–H groups in total. The van der Waals surface area contributed by atoms with Gasteiger partial charge in [0.1, 0.15) is 0 Å². The molecule has 1 aromatic carbocycles. The third kappa shape index (κ3) is 6.17. The average Bonchev–Trinajstić information content (AvgIpc) is 3.55. The molecule has 9 nitrogen and oxygen atoms in total. The molecule has 1 amide bonds. The summed E-state index contributed by atoms with van der Waals surface area (Å²) in [6.45, 7) is 6.95. The van der Waals surface area contributed by atoms with Gasteiger partial charge in [-0.1, -0.05) is 25.8 Å². The molecule has 1 fully saturated rings. The monoisotopic (exact) mass is 512 g/mol. The van der Waals surface area contributed by atoms with Crippen LogP contribution in [-0.4, -0.2) is 79.7 Å². The van der Waals surface area contributed by atoms with Gasteiger partial charge in [-0.25, -0.2) is 0 Å². The Balaban J connectivity index is 1.60. The predicted octanol–water partition coefficient (Wildman–Crippen LogP) is 4.16. The number of hydrogen-bond donors (Lipinski definition) is 1. The highest BCUT2D eigenvalue weighted by Crippen LogP contribution is 2.41. The van der Waals surface area contributed by atoms with Crippen LogP contribution >= 0.6 is 0 Å². The van der Waals surface area contributed by atoms with Crippen LogP contribution in [0.25, 0.3) is 0 Å². The number of amides is 1. The molecular formula is C28H36N2O7. The Labute approximate surface area is 217 Å². The van der Waals surface area contributed by atoms with Crippen molar-refractivity contribution in [2.45, 2.75) is 38.6 Å². The molecule has 1 unspecified atom stereocenters. The number of ether oxygens (including phenoxy) is 3. The van der Waals surface area contributed by atoms with Crippen LogP contribution in [-0.2, 0) is 9.53 Å². The first-order valence-electron chi connectivity index (χ1n) is 13.0. The first-order valence-corrected chi connectivity index (χ1v) is 13.0. The molecule has 2 aliphatic heterocycles. The number of aliphatic hydroxyl groups excluding tert-OH is 1. The highest BCUT2D eigenvalue weighted by atomic mass is 16.5. The number of carbonyl (C=O) groups is 2. The molecule has 0 spiro atoms. The Morgan fingerprint density at radius 3 is 2.62 bits per heavy atom. The Morgan fingerprint density at radius 2 is 1.92 bits per heavy atom. The molecule has 4 rings (SSSR count). The average molecular weight is 513 g/mol. The number of unbranched alkanes of at least 4 members (excludes halogenated alkanes) is 2. The number of hydrogen-bond acceptors (Lipinski definition) is 8. The number of ketones is 1. The minimum absolute atomic E-state index is 0.00462. The van der Waals surface area contributed by atoms with Gasteiger partial charge < -0.3 is 28.6 Å². The van der Waals surface area contributed by atoms with E-state index in [1.165, 1.54) is 12.3 Å². The van der Waals surface area contributed by atoms with Crippen LogP contribution in [0.15, 0.2) is 52.3 Å². The van der Waals surface area contributed by atoms with Gasteiger partial charge in [-0.05, 0) is 42.7 Å². The lowest BCUT2D eigenvalue weighted by atomic mass is 9.94. The Bertz CT molecular complexity index is 1090. The molecule has 0 saturated carbocycles. The summed E-state index contributed by atoms with van der Waals surface area (Å²) in [5.41, 5.74) is 0.654. The molecule has 1 aromatic heterocycles. The minimum Gasteiger partial charge on any atom is -0.503 e. The number of carbonyl (C=O) groups excluding carboxylic acids is 2.